The van der Waals surface area contributed by atoms with Crippen LogP contribution in [-0.4, -0.2) is 43.6 Å². The van der Waals surface area contributed by atoms with Crippen molar-refractivity contribution in [1.82, 2.24) is 19.5 Å². The van der Waals surface area contributed by atoms with Crippen molar-refractivity contribution in [3.63, 3.8) is 0 Å². The number of benzene rings is 2. The van der Waals surface area contributed by atoms with Gasteiger partial charge in [-0.3, -0.25) is 4.57 Å². The monoisotopic (exact) mass is 473 g/mol. The fourth-order valence-electron chi connectivity index (χ4n) is 4.58. The van der Waals surface area contributed by atoms with Gasteiger partial charge < -0.3 is 19.5 Å². The highest BCUT2D eigenvalue weighted by Crippen LogP contribution is 2.44. The fourth-order valence-corrected chi connectivity index (χ4v) is 4.58. The van der Waals surface area contributed by atoms with Gasteiger partial charge in [-0.05, 0) is 32.0 Å². The number of nitrogens with zero attached hydrogens (tertiary/aromatic N) is 4. The van der Waals surface area contributed by atoms with Gasteiger partial charge in [0.2, 0.25) is 0 Å². The number of rotatable bonds is 5. The summed E-state index contributed by atoms with van der Waals surface area (Å²) >= 11 is 0. The van der Waals surface area contributed by atoms with E-state index in [0.29, 0.717) is 22.5 Å². The van der Waals surface area contributed by atoms with Gasteiger partial charge in [0.15, 0.2) is 29.0 Å². The Morgan fingerprint density at radius 3 is 2.57 bits per heavy atom. The SMILES string of the molecule is CC1(C)O[C@H]2[C@H](O1)[C@@H](C=Cc1ccccc1F)O[C@H]2n1cnc2c(Nc3ccccc3)ncnc21. The Labute approximate surface area is 201 Å². The van der Waals surface area contributed by atoms with E-state index in [4.69, 9.17) is 14.2 Å². The third-order valence-corrected chi connectivity index (χ3v) is 6.11. The second-order valence-corrected chi connectivity index (χ2v) is 8.97. The van der Waals surface area contributed by atoms with Gasteiger partial charge in [-0.25, -0.2) is 19.3 Å². The summed E-state index contributed by atoms with van der Waals surface area (Å²) in [4.78, 5) is 13.4. The zero-order valence-corrected chi connectivity index (χ0v) is 19.2. The second kappa shape index (κ2) is 8.53. The molecule has 4 aromatic rings. The number of imidazole rings is 1. The predicted octanol–water partition coefficient (Wildman–Crippen LogP) is 4.84. The van der Waals surface area contributed by atoms with E-state index in [2.05, 4.69) is 20.3 Å². The number of fused-ring (bicyclic) bond motifs is 2. The van der Waals surface area contributed by atoms with E-state index in [9.17, 15) is 4.39 Å². The molecule has 178 valence electrons. The lowest BCUT2D eigenvalue weighted by molar-refractivity contribution is -0.191. The van der Waals surface area contributed by atoms with E-state index in [1.807, 2.05) is 54.8 Å². The first-order valence-electron chi connectivity index (χ1n) is 11.4. The molecule has 0 aliphatic carbocycles. The summed E-state index contributed by atoms with van der Waals surface area (Å²) in [5.74, 6) is -0.490. The maximum atomic E-state index is 14.1. The van der Waals surface area contributed by atoms with Crippen LogP contribution in [0.25, 0.3) is 17.2 Å². The quantitative estimate of drug-likeness (QED) is 0.444. The minimum Gasteiger partial charge on any atom is -0.345 e. The molecule has 2 aromatic heterocycles. The summed E-state index contributed by atoms with van der Waals surface area (Å²) in [6.45, 7) is 3.74. The minimum absolute atomic E-state index is 0.297. The molecule has 0 amide bonds. The molecule has 4 atom stereocenters. The Morgan fingerprint density at radius 1 is 0.971 bits per heavy atom. The lowest BCUT2D eigenvalue weighted by atomic mass is 10.1. The van der Waals surface area contributed by atoms with E-state index in [0.717, 1.165) is 5.69 Å². The molecule has 0 radical (unpaired) electrons. The summed E-state index contributed by atoms with van der Waals surface area (Å²) in [5.41, 5.74) is 2.59. The van der Waals surface area contributed by atoms with Crippen LogP contribution in [0.3, 0.4) is 0 Å². The standard InChI is InChI=1S/C26H24FN5O3/c1-26(2)34-21-19(13-12-16-8-6-7-11-18(16)27)33-25(22(21)35-26)32-15-30-20-23(28-14-29-24(20)32)31-17-9-4-3-5-10-17/h3-15,19,21-22,25H,1-2H3,(H,28,29,31)/t19-,21-,22+,25-/m1/s1. The first-order valence-corrected chi connectivity index (χ1v) is 11.4. The van der Waals surface area contributed by atoms with Gasteiger partial charge in [0, 0.05) is 11.3 Å². The number of anilines is 2. The molecule has 2 saturated heterocycles. The van der Waals surface area contributed by atoms with Crippen molar-refractivity contribution >= 4 is 28.7 Å². The summed E-state index contributed by atoms with van der Waals surface area (Å²) < 4.78 is 34.8. The highest BCUT2D eigenvalue weighted by molar-refractivity contribution is 5.85. The number of halogens is 1. The topological polar surface area (TPSA) is 83.3 Å². The van der Waals surface area contributed by atoms with Crippen LogP contribution in [0.4, 0.5) is 15.9 Å². The van der Waals surface area contributed by atoms with Gasteiger partial charge in [-0.1, -0.05) is 48.6 Å². The first-order chi connectivity index (χ1) is 17.0. The maximum absolute atomic E-state index is 14.1. The van der Waals surface area contributed by atoms with E-state index < -0.39 is 24.2 Å². The molecule has 2 fully saturated rings. The third-order valence-electron chi connectivity index (χ3n) is 6.11. The molecular weight excluding hydrogens is 449 g/mol. The van der Waals surface area contributed by atoms with Gasteiger partial charge in [0.25, 0.3) is 0 Å². The molecule has 2 aliphatic heterocycles. The van der Waals surface area contributed by atoms with Crippen molar-refractivity contribution in [1.29, 1.82) is 0 Å². The van der Waals surface area contributed by atoms with E-state index in [1.54, 1.807) is 30.6 Å². The number of hydrogen-bond donors (Lipinski definition) is 1. The number of hydrogen-bond acceptors (Lipinski definition) is 7. The van der Waals surface area contributed by atoms with Crippen molar-refractivity contribution < 1.29 is 18.6 Å². The third kappa shape index (κ3) is 4.07. The van der Waals surface area contributed by atoms with Crippen LogP contribution in [0.15, 0.2) is 73.3 Å². The van der Waals surface area contributed by atoms with E-state index in [1.165, 1.54) is 12.4 Å². The van der Waals surface area contributed by atoms with E-state index >= 15 is 0 Å². The van der Waals surface area contributed by atoms with Crippen molar-refractivity contribution in [2.75, 3.05) is 5.32 Å². The van der Waals surface area contributed by atoms with Gasteiger partial charge in [0.05, 0.1) is 6.33 Å². The van der Waals surface area contributed by atoms with Crippen LogP contribution in [-0.2, 0) is 14.2 Å². The molecule has 2 aromatic carbocycles. The number of nitrogens with one attached hydrogen (secondary N) is 1. The fraction of sp³-hybridized carbons (Fsp3) is 0.269. The predicted molar refractivity (Wildman–Crippen MR) is 128 cm³/mol. The number of ether oxygens (including phenoxy) is 3. The van der Waals surface area contributed by atoms with Crippen molar-refractivity contribution in [2.45, 2.75) is 44.2 Å². The smallest absolute Gasteiger partial charge is 0.167 e. The zero-order chi connectivity index (χ0) is 24.0. The molecule has 0 spiro atoms. The highest BCUT2D eigenvalue weighted by atomic mass is 19.1. The van der Waals surface area contributed by atoms with E-state index in [-0.39, 0.29) is 11.9 Å². The van der Waals surface area contributed by atoms with Crippen molar-refractivity contribution in [3.8, 4) is 0 Å². The summed E-state index contributed by atoms with van der Waals surface area (Å²) in [7, 11) is 0. The molecule has 8 nitrogen and oxygen atoms in total. The van der Waals surface area contributed by atoms with Gasteiger partial charge in [-0.2, -0.15) is 0 Å². The highest BCUT2D eigenvalue weighted by Gasteiger charge is 2.55. The summed E-state index contributed by atoms with van der Waals surface area (Å²) in [5, 5.41) is 3.29. The van der Waals surface area contributed by atoms with Crippen LogP contribution < -0.4 is 5.32 Å². The minimum atomic E-state index is -0.785. The number of aromatic nitrogens is 4. The molecule has 1 N–H and O–H groups in total. The van der Waals surface area contributed by atoms with Crippen LogP contribution in [0.5, 0.6) is 0 Å². The number of para-hydroxylation sites is 1. The Hall–Kier alpha value is -3.66. The van der Waals surface area contributed by atoms with Crippen LogP contribution in [0.2, 0.25) is 0 Å². The first kappa shape index (κ1) is 21.8. The van der Waals surface area contributed by atoms with Gasteiger partial charge in [0.1, 0.15) is 30.5 Å². The molecule has 0 saturated carbocycles. The summed E-state index contributed by atoms with van der Waals surface area (Å²) in [6, 6.07) is 16.3. The Bertz CT molecular complexity index is 1390. The normalized spacial score (nSPS) is 25.3. The molecule has 35 heavy (non-hydrogen) atoms. The zero-order valence-electron chi connectivity index (χ0n) is 19.2. The average molecular weight is 474 g/mol. The lowest BCUT2D eigenvalue weighted by Crippen LogP contribution is -2.28. The molecular formula is C26H24FN5O3. The molecule has 0 bridgehead atoms. The molecule has 0 unspecified atom stereocenters. The molecule has 6 rings (SSSR count). The summed E-state index contributed by atoms with van der Waals surface area (Å²) in [6.07, 6.45) is 4.92. The van der Waals surface area contributed by atoms with Gasteiger partial charge >= 0.3 is 0 Å². The van der Waals surface area contributed by atoms with Crippen LogP contribution in [0.1, 0.15) is 25.6 Å². The van der Waals surface area contributed by atoms with Crippen molar-refractivity contribution in [2.24, 2.45) is 0 Å². The average Bonchev–Trinajstić information content (AvgIpc) is 3.51. The lowest BCUT2D eigenvalue weighted by Gasteiger charge is -2.24. The molecule has 9 heteroatoms. The Morgan fingerprint density at radius 2 is 1.74 bits per heavy atom. The van der Waals surface area contributed by atoms with Crippen molar-refractivity contribution in [3.05, 3.63) is 84.7 Å². The largest absolute Gasteiger partial charge is 0.345 e. The molecule has 2 aliphatic rings. The maximum Gasteiger partial charge on any atom is 0.167 e. The Balaban J connectivity index is 1.33. The van der Waals surface area contributed by atoms with Crippen LogP contribution in [0, 0.1) is 5.82 Å². The van der Waals surface area contributed by atoms with Crippen LogP contribution >= 0.6 is 0 Å². The second-order valence-electron chi connectivity index (χ2n) is 8.97. The Kier molecular flexibility index (Phi) is 5.32. The van der Waals surface area contributed by atoms with Gasteiger partial charge in [-0.15, -0.1) is 0 Å². The molecule has 4 heterocycles.